The van der Waals surface area contributed by atoms with Gasteiger partial charge in [-0.15, -0.1) is 0 Å². The van der Waals surface area contributed by atoms with Crippen molar-refractivity contribution in [2.24, 2.45) is 5.73 Å². The number of halogens is 4. The first-order chi connectivity index (χ1) is 20.8. The standard InChI is InChI=1S/C30H32F4N8O2/c1-16-14-42(15-17(2)41(16)3)23-8-20(31)6-7-29(23,25-24(30(32,33)34)21(26(36)43)13-40-28(25)44)19-4-5-22(37-12-19)27-38-10-18(9-35)11-39-27/h4,6-8,10-11,13,16-17,22-23,37H,5,12,14-15H2,1-3H3,(H2,36,43)(H,40,44)/t16-,17+,22?,23?,29?. The molecule has 5 rings (SSSR count). The smallest absolute Gasteiger partial charge is 0.366 e. The zero-order valence-corrected chi connectivity index (χ0v) is 24.3. The summed E-state index contributed by atoms with van der Waals surface area (Å²) in [7, 11) is 1.94. The van der Waals surface area contributed by atoms with Crippen molar-refractivity contribution in [3.8, 4) is 6.07 Å². The molecule has 232 valence electrons. The van der Waals surface area contributed by atoms with Gasteiger partial charge in [-0.1, -0.05) is 12.2 Å². The van der Waals surface area contributed by atoms with Gasteiger partial charge in [-0.3, -0.25) is 19.4 Å². The van der Waals surface area contributed by atoms with E-state index in [0.29, 0.717) is 30.7 Å². The molecule has 2 aromatic rings. The van der Waals surface area contributed by atoms with E-state index in [9.17, 15) is 22.8 Å². The number of alkyl halides is 3. The Morgan fingerprint density at radius 3 is 2.41 bits per heavy atom. The molecule has 1 aliphatic carbocycles. The monoisotopic (exact) mass is 612 g/mol. The highest BCUT2D eigenvalue weighted by Crippen LogP contribution is 2.48. The van der Waals surface area contributed by atoms with Crippen molar-refractivity contribution in [2.75, 3.05) is 26.7 Å². The number of likely N-dealkylation sites (N-methyl/N-ethyl adjacent to an activating group) is 1. The summed E-state index contributed by atoms with van der Waals surface area (Å²) < 4.78 is 60.0. The van der Waals surface area contributed by atoms with Crippen LogP contribution in [0, 0.1) is 11.3 Å². The normalized spacial score (nSPS) is 28.2. The molecule has 14 heteroatoms. The van der Waals surface area contributed by atoms with Gasteiger partial charge in [0.2, 0.25) is 0 Å². The predicted octanol–water partition coefficient (Wildman–Crippen LogP) is 2.87. The molecule has 0 bridgehead atoms. The molecule has 1 saturated heterocycles. The van der Waals surface area contributed by atoms with E-state index in [2.05, 4.69) is 25.2 Å². The highest BCUT2D eigenvalue weighted by molar-refractivity contribution is 5.94. The third-order valence-corrected chi connectivity index (χ3v) is 8.91. The fourth-order valence-electron chi connectivity index (χ4n) is 6.55. The number of hydrogen-bond donors (Lipinski definition) is 3. The number of allylic oxidation sites excluding steroid dienone is 2. The minimum Gasteiger partial charge on any atom is -0.366 e. The summed E-state index contributed by atoms with van der Waals surface area (Å²) in [5.74, 6) is -1.64. The van der Waals surface area contributed by atoms with Gasteiger partial charge in [-0.25, -0.2) is 14.4 Å². The molecule has 2 aromatic heterocycles. The molecule has 3 aliphatic rings. The van der Waals surface area contributed by atoms with E-state index in [1.54, 1.807) is 6.08 Å². The molecule has 10 nitrogen and oxygen atoms in total. The number of pyridine rings is 1. The topological polar surface area (TPSA) is 144 Å². The van der Waals surface area contributed by atoms with Crippen molar-refractivity contribution < 1.29 is 22.4 Å². The van der Waals surface area contributed by atoms with Gasteiger partial charge in [0.05, 0.1) is 28.1 Å². The molecule has 0 spiro atoms. The van der Waals surface area contributed by atoms with Crippen LogP contribution in [-0.2, 0) is 11.6 Å². The molecular weight excluding hydrogens is 580 g/mol. The molecule has 0 saturated carbocycles. The van der Waals surface area contributed by atoms with Crippen molar-refractivity contribution in [2.45, 2.75) is 56.0 Å². The lowest BCUT2D eigenvalue weighted by Gasteiger charge is -2.52. The number of carbonyl (C=O) groups excluding carboxylic acids is 1. The number of carbonyl (C=O) groups is 1. The van der Waals surface area contributed by atoms with Crippen LogP contribution >= 0.6 is 0 Å². The van der Waals surface area contributed by atoms with Crippen LogP contribution in [0.4, 0.5) is 17.6 Å². The number of nitrogens with two attached hydrogens (primary N) is 1. The molecule has 0 aromatic carbocycles. The third kappa shape index (κ3) is 5.47. The van der Waals surface area contributed by atoms with Crippen LogP contribution in [0.1, 0.15) is 59.2 Å². The van der Waals surface area contributed by atoms with Gasteiger partial charge >= 0.3 is 6.18 Å². The Morgan fingerprint density at radius 2 is 1.86 bits per heavy atom. The lowest BCUT2D eigenvalue weighted by Crippen LogP contribution is -2.63. The zero-order valence-electron chi connectivity index (χ0n) is 24.3. The van der Waals surface area contributed by atoms with Gasteiger partial charge in [0.25, 0.3) is 11.5 Å². The summed E-state index contributed by atoms with van der Waals surface area (Å²) in [6, 6.07) is 0.374. The van der Waals surface area contributed by atoms with Crippen LogP contribution in [0.15, 0.2) is 59.1 Å². The summed E-state index contributed by atoms with van der Waals surface area (Å²) in [5.41, 5.74) is 0.0727. The van der Waals surface area contributed by atoms with Crippen LogP contribution in [0.3, 0.4) is 0 Å². The number of nitrogens with zero attached hydrogens (tertiary/aromatic N) is 5. The lowest BCUT2D eigenvalue weighted by molar-refractivity contribution is -0.139. The van der Waals surface area contributed by atoms with Crippen LogP contribution in [0.2, 0.25) is 0 Å². The molecule has 4 N–H and O–H groups in total. The van der Waals surface area contributed by atoms with Crippen molar-refractivity contribution in [1.29, 1.82) is 5.26 Å². The molecule has 1 fully saturated rings. The number of nitrogens with one attached hydrogen (secondary N) is 2. The van der Waals surface area contributed by atoms with E-state index in [4.69, 9.17) is 11.0 Å². The predicted molar refractivity (Wildman–Crippen MR) is 153 cm³/mol. The number of primary amides is 1. The van der Waals surface area contributed by atoms with Crippen molar-refractivity contribution in [1.82, 2.24) is 30.1 Å². The average molecular weight is 613 g/mol. The number of rotatable bonds is 5. The molecule has 1 amide bonds. The number of aromatic nitrogens is 3. The summed E-state index contributed by atoms with van der Waals surface area (Å²) in [6.07, 6.45) is 3.83. The number of hydrogen-bond acceptors (Lipinski definition) is 8. The molecule has 3 unspecified atom stereocenters. The average Bonchev–Trinajstić information content (AvgIpc) is 2.99. The minimum absolute atomic E-state index is 0.0132. The highest BCUT2D eigenvalue weighted by atomic mass is 19.4. The maximum atomic E-state index is 15.2. The quantitative estimate of drug-likeness (QED) is 0.346. The second-order valence-electron chi connectivity index (χ2n) is 11.5. The Morgan fingerprint density at radius 1 is 1.20 bits per heavy atom. The number of H-pyrrole nitrogens is 1. The maximum Gasteiger partial charge on any atom is 0.417 e. The summed E-state index contributed by atoms with van der Waals surface area (Å²) >= 11 is 0. The van der Waals surface area contributed by atoms with Crippen molar-refractivity contribution in [3.05, 3.63) is 92.7 Å². The lowest BCUT2D eigenvalue weighted by atomic mass is 9.63. The molecule has 44 heavy (non-hydrogen) atoms. The fourth-order valence-corrected chi connectivity index (χ4v) is 6.55. The second kappa shape index (κ2) is 11.7. The number of amides is 1. The minimum atomic E-state index is -5.15. The van der Waals surface area contributed by atoms with Crippen molar-refractivity contribution >= 4 is 5.91 Å². The maximum absolute atomic E-state index is 15.2. The Bertz CT molecular complexity index is 1630. The van der Waals surface area contributed by atoms with Gasteiger partial charge in [0.1, 0.15) is 17.7 Å². The van der Waals surface area contributed by atoms with E-state index in [1.807, 2.05) is 31.9 Å². The zero-order chi connectivity index (χ0) is 32.0. The molecular formula is C30H32F4N8O2. The van der Waals surface area contributed by atoms with E-state index in [0.717, 1.165) is 6.08 Å². The van der Waals surface area contributed by atoms with Crippen LogP contribution < -0.4 is 16.6 Å². The summed E-state index contributed by atoms with van der Waals surface area (Å²) in [4.78, 5) is 40.8. The van der Waals surface area contributed by atoms with E-state index < -0.39 is 57.7 Å². The largest absolute Gasteiger partial charge is 0.417 e. The van der Waals surface area contributed by atoms with Gasteiger partial charge in [-0.05, 0) is 45.0 Å². The number of piperazine rings is 1. The Labute approximate surface area is 251 Å². The summed E-state index contributed by atoms with van der Waals surface area (Å²) in [5, 5.41) is 12.3. The Balaban J connectivity index is 1.75. The van der Waals surface area contributed by atoms with Gasteiger partial charge in [0.15, 0.2) is 0 Å². The van der Waals surface area contributed by atoms with Crippen LogP contribution in [0.25, 0.3) is 0 Å². The molecule has 4 heterocycles. The van der Waals surface area contributed by atoms with Gasteiger partial charge in [-0.2, -0.15) is 18.4 Å². The summed E-state index contributed by atoms with van der Waals surface area (Å²) in [6.45, 7) is 4.67. The number of nitriles is 1. The van der Waals surface area contributed by atoms with E-state index in [-0.39, 0.29) is 30.6 Å². The SMILES string of the molecule is C[C@@H]1CN(C2C=C(F)C=CC2(C2=CCC(c3ncc(C#N)cn3)NC2)c2c(C(F)(F)F)c(C(N)=O)c[nH]c2=O)C[C@H](C)N1C. The van der Waals surface area contributed by atoms with Gasteiger partial charge < -0.3 is 16.0 Å². The second-order valence-corrected chi connectivity index (χ2v) is 11.5. The first-order valence-corrected chi connectivity index (χ1v) is 14.1. The van der Waals surface area contributed by atoms with Crippen molar-refractivity contribution in [3.63, 3.8) is 0 Å². The highest BCUT2D eigenvalue weighted by Gasteiger charge is 2.53. The first-order valence-electron chi connectivity index (χ1n) is 14.1. The van der Waals surface area contributed by atoms with Crippen LogP contribution in [-0.4, -0.2) is 75.5 Å². The van der Waals surface area contributed by atoms with Crippen LogP contribution in [0.5, 0.6) is 0 Å². The Kier molecular flexibility index (Phi) is 8.32. The fraction of sp³-hybridized carbons (Fsp3) is 0.433. The van der Waals surface area contributed by atoms with Gasteiger partial charge in [0, 0.05) is 61.9 Å². The molecule has 5 atom stereocenters. The third-order valence-electron chi connectivity index (χ3n) is 8.91. The number of aromatic amines is 1. The van der Waals surface area contributed by atoms with E-state index >= 15 is 4.39 Å². The first kappa shape index (κ1) is 31.2. The Hall–Kier alpha value is -4.19. The molecule has 0 radical (unpaired) electrons. The molecule has 2 aliphatic heterocycles. The van der Waals surface area contributed by atoms with E-state index in [1.165, 1.54) is 24.5 Å².